The van der Waals surface area contributed by atoms with Gasteiger partial charge in [-0.25, -0.2) is 4.79 Å². The van der Waals surface area contributed by atoms with Crippen LogP contribution in [0.4, 0.5) is 0 Å². The Labute approximate surface area is 120 Å². The van der Waals surface area contributed by atoms with Crippen LogP contribution in [0.3, 0.4) is 0 Å². The first-order chi connectivity index (χ1) is 9.70. The zero-order chi connectivity index (χ0) is 14.4. The average Bonchev–Trinajstić information content (AvgIpc) is 2.66. The zero-order valence-electron chi connectivity index (χ0n) is 12.0. The Morgan fingerprint density at radius 3 is 2.40 bits per heavy atom. The van der Waals surface area contributed by atoms with Crippen molar-refractivity contribution in [2.24, 2.45) is 0 Å². The second kappa shape index (κ2) is 7.41. The molecule has 0 bridgehead atoms. The van der Waals surface area contributed by atoms with Gasteiger partial charge >= 0.3 is 5.97 Å². The van der Waals surface area contributed by atoms with E-state index in [0.29, 0.717) is 13.0 Å². The minimum atomic E-state index is -0.857. The average molecular weight is 277 g/mol. The summed E-state index contributed by atoms with van der Waals surface area (Å²) in [5.41, 5.74) is 2.85. The molecule has 20 heavy (non-hydrogen) atoms. The summed E-state index contributed by atoms with van der Waals surface area (Å²) < 4.78 is 5.26. The maximum Gasteiger partial charge on any atom is 0.332 e. The molecule has 0 aromatic heterocycles. The Hall–Kier alpha value is -1.39. The van der Waals surface area contributed by atoms with Crippen LogP contribution >= 0.6 is 0 Å². The maximum atomic E-state index is 11.1. The van der Waals surface area contributed by atoms with Crippen LogP contribution in [0, 0.1) is 0 Å². The third kappa shape index (κ3) is 4.05. The van der Waals surface area contributed by atoms with Crippen LogP contribution in [0.5, 0.6) is 0 Å². The van der Waals surface area contributed by atoms with E-state index in [-0.39, 0.29) is 0 Å². The molecule has 110 valence electrons. The summed E-state index contributed by atoms with van der Waals surface area (Å²) in [7, 11) is 0. The van der Waals surface area contributed by atoms with E-state index in [0.717, 1.165) is 32.5 Å². The molecular weight excluding hydrogens is 254 g/mol. The maximum absolute atomic E-state index is 11.1. The van der Waals surface area contributed by atoms with Crippen molar-refractivity contribution in [3.05, 3.63) is 35.4 Å². The fourth-order valence-corrected chi connectivity index (χ4v) is 2.72. The van der Waals surface area contributed by atoms with Crippen LogP contribution in [0.1, 0.15) is 24.5 Å². The first-order valence-electron chi connectivity index (χ1n) is 7.34. The van der Waals surface area contributed by atoms with Gasteiger partial charge in [0.25, 0.3) is 0 Å². The molecule has 4 heteroatoms. The summed E-state index contributed by atoms with van der Waals surface area (Å²) in [5, 5.41) is 9.09. The lowest BCUT2D eigenvalue weighted by molar-refractivity contribution is -0.150. The van der Waals surface area contributed by atoms with Gasteiger partial charge < -0.3 is 14.7 Å². The molecule has 0 amide bonds. The summed E-state index contributed by atoms with van der Waals surface area (Å²) in [4.78, 5) is 13.4. The number of carbonyl (C=O) groups is 1. The van der Waals surface area contributed by atoms with E-state index < -0.39 is 12.1 Å². The molecule has 1 N–H and O–H groups in total. The monoisotopic (exact) mass is 277 g/mol. The normalized spacial score (nSPS) is 17.2. The first kappa shape index (κ1) is 15.0. The smallest absolute Gasteiger partial charge is 0.332 e. The summed E-state index contributed by atoms with van der Waals surface area (Å²) in [6, 6.07) is 8.56. The van der Waals surface area contributed by atoms with Crippen LogP contribution in [0.15, 0.2) is 24.3 Å². The highest BCUT2D eigenvalue weighted by Gasteiger charge is 2.20. The number of aliphatic carboxylic acids is 1. The van der Waals surface area contributed by atoms with Crippen molar-refractivity contribution in [2.75, 3.05) is 26.2 Å². The van der Waals surface area contributed by atoms with Crippen molar-refractivity contribution < 1.29 is 14.6 Å². The molecule has 0 aliphatic carbocycles. The Bertz CT molecular complexity index is 420. The third-order valence-corrected chi connectivity index (χ3v) is 3.86. The molecule has 0 radical (unpaired) electrons. The highest BCUT2D eigenvalue weighted by molar-refractivity contribution is 5.72. The molecule has 4 nitrogen and oxygen atoms in total. The number of benzene rings is 1. The van der Waals surface area contributed by atoms with Crippen molar-refractivity contribution in [3.8, 4) is 0 Å². The highest BCUT2D eigenvalue weighted by atomic mass is 16.5. The lowest BCUT2D eigenvalue weighted by atomic mass is 10.0. The summed E-state index contributed by atoms with van der Waals surface area (Å²) in [6.45, 7) is 5.05. The van der Waals surface area contributed by atoms with E-state index in [2.05, 4.69) is 29.2 Å². The van der Waals surface area contributed by atoms with E-state index in [9.17, 15) is 4.79 Å². The van der Waals surface area contributed by atoms with Gasteiger partial charge in [-0.15, -0.1) is 0 Å². The van der Waals surface area contributed by atoms with Crippen LogP contribution in [0.2, 0.25) is 0 Å². The van der Waals surface area contributed by atoms with E-state index in [1.165, 1.54) is 11.1 Å². The van der Waals surface area contributed by atoms with Crippen molar-refractivity contribution in [1.29, 1.82) is 0 Å². The van der Waals surface area contributed by atoms with Crippen molar-refractivity contribution in [2.45, 2.75) is 32.3 Å². The van der Waals surface area contributed by atoms with Gasteiger partial charge in [-0.1, -0.05) is 24.3 Å². The first-order valence-corrected chi connectivity index (χ1v) is 7.34. The molecule has 1 aromatic carbocycles. The summed E-state index contributed by atoms with van der Waals surface area (Å²) in [5.74, 6) is -0.857. The predicted octanol–water partition coefficient (Wildman–Crippen LogP) is 1.97. The summed E-state index contributed by atoms with van der Waals surface area (Å²) in [6.07, 6.45) is 1.97. The van der Waals surface area contributed by atoms with Gasteiger partial charge in [-0.2, -0.15) is 0 Å². The molecular formula is C16H23NO3. The molecule has 1 aromatic rings. The standard InChI is InChI=1S/C16H23NO3/c1-2-20-15(16(18)19)9-12-17-10-7-13-5-3-4-6-14(13)8-11-17/h3-6,15H,2,7-12H2,1H3,(H,18,19). The molecule has 0 fully saturated rings. The number of rotatable bonds is 6. The predicted molar refractivity (Wildman–Crippen MR) is 78.0 cm³/mol. The lowest BCUT2D eigenvalue weighted by Gasteiger charge is -2.21. The van der Waals surface area contributed by atoms with E-state index in [4.69, 9.17) is 9.84 Å². The van der Waals surface area contributed by atoms with Crippen LogP contribution in [0.25, 0.3) is 0 Å². The van der Waals surface area contributed by atoms with Crippen molar-refractivity contribution >= 4 is 5.97 Å². The van der Waals surface area contributed by atoms with Crippen molar-refractivity contribution in [1.82, 2.24) is 4.90 Å². The number of hydrogen-bond donors (Lipinski definition) is 1. The van der Waals surface area contributed by atoms with Gasteiger partial charge in [-0.3, -0.25) is 0 Å². The third-order valence-electron chi connectivity index (χ3n) is 3.86. The Kier molecular flexibility index (Phi) is 5.56. The van der Waals surface area contributed by atoms with Crippen LogP contribution in [-0.2, 0) is 22.4 Å². The van der Waals surface area contributed by atoms with Gasteiger partial charge in [0.15, 0.2) is 6.10 Å². The fraction of sp³-hybridized carbons (Fsp3) is 0.562. The number of carboxylic acid groups (broad SMARTS) is 1. The topological polar surface area (TPSA) is 49.8 Å². The fourth-order valence-electron chi connectivity index (χ4n) is 2.72. The summed E-state index contributed by atoms with van der Waals surface area (Å²) >= 11 is 0. The van der Waals surface area contributed by atoms with E-state index in [1.807, 2.05) is 6.92 Å². The minimum absolute atomic E-state index is 0.447. The number of nitrogens with zero attached hydrogens (tertiary/aromatic N) is 1. The second-order valence-electron chi connectivity index (χ2n) is 5.18. The van der Waals surface area contributed by atoms with Crippen molar-refractivity contribution in [3.63, 3.8) is 0 Å². The highest BCUT2D eigenvalue weighted by Crippen LogP contribution is 2.16. The van der Waals surface area contributed by atoms with E-state index in [1.54, 1.807) is 0 Å². The quantitative estimate of drug-likeness (QED) is 0.863. The Morgan fingerprint density at radius 2 is 1.90 bits per heavy atom. The molecule has 1 aliphatic rings. The van der Waals surface area contributed by atoms with Gasteiger partial charge in [0.1, 0.15) is 0 Å². The second-order valence-corrected chi connectivity index (χ2v) is 5.18. The van der Waals surface area contributed by atoms with Gasteiger partial charge in [0.2, 0.25) is 0 Å². The number of carboxylic acids is 1. The van der Waals surface area contributed by atoms with Crippen LogP contribution < -0.4 is 0 Å². The molecule has 0 saturated heterocycles. The Morgan fingerprint density at radius 1 is 1.30 bits per heavy atom. The molecule has 0 spiro atoms. The minimum Gasteiger partial charge on any atom is -0.479 e. The molecule has 1 atom stereocenters. The van der Waals surface area contributed by atoms with E-state index >= 15 is 0 Å². The zero-order valence-corrected chi connectivity index (χ0v) is 12.0. The Balaban J connectivity index is 1.85. The number of ether oxygens (including phenoxy) is 1. The molecule has 1 unspecified atom stereocenters. The molecule has 2 rings (SSSR count). The SMILES string of the molecule is CCOC(CCN1CCc2ccccc2CC1)C(=O)O. The van der Waals surface area contributed by atoms with Gasteiger partial charge in [-0.05, 0) is 37.3 Å². The number of hydrogen-bond acceptors (Lipinski definition) is 3. The van der Waals surface area contributed by atoms with Gasteiger partial charge in [0, 0.05) is 26.2 Å². The van der Waals surface area contributed by atoms with Gasteiger partial charge in [0.05, 0.1) is 0 Å². The molecule has 1 heterocycles. The molecule has 1 aliphatic heterocycles. The van der Waals surface area contributed by atoms with Crippen LogP contribution in [-0.4, -0.2) is 48.3 Å². The largest absolute Gasteiger partial charge is 0.479 e. The molecule has 0 saturated carbocycles. The number of fused-ring (bicyclic) bond motifs is 1. The lowest BCUT2D eigenvalue weighted by Crippen LogP contribution is -2.33.